The third kappa shape index (κ3) is 2.11. The number of benzene rings is 1. The zero-order chi connectivity index (χ0) is 10.7. The van der Waals surface area contributed by atoms with Gasteiger partial charge < -0.3 is 5.32 Å². The van der Waals surface area contributed by atoms with Crippen molar-refractivity contribution in [2.24, 2.45) is 0 Å². The molecule has 1 N–H and O–H groups in total. The first-order chi connectivity index (χ1) is 7.31. The molecule has 2 rings (SSSR count). The Bertz CT molecular complexity index is 496. The van der Waals surface area contributed by atoms with Crippen molar-refractivity contribution in [3.63, 3.8) is 0 Å². The van der Waals surface area contributed by atoms with Gasteiger partial charge in [0.05, 0.1) is 22.9 Å². The van der Waals surface area contributed by atoms with E-state index >= 15 is 0 Å². The Labute approximate surface area is 93.2 Å². The Morgan fingerprint density at radius 1 is 1.47 bits per heavy atom. The second-order valence-corrected chi connectivity index (χ2v) is 4.47. The Morgan fingerprint density at radius 2 is 2.33 bits per heavy atom. The van der Waals surface area contributed by atoms with Crippen molar-refractivity contribution >= 4 is 27.1 Å². The molecule has 0 saturated carbocycles. The average Bonchev–Trinajstić information content (AvgIpc) is 2.67. The van der Waals surface area contributed by atoms with Gasteiger partial charge in [0.1, 0.15) is 0 Å². The highest BCUT2D eigenvalue weighted by atomic mass is 32.1. The molecule has 0 spiro atoms. The summed E-state index contributed by atoms with van der Waals surface area (Å²) in [6, 6.07) is 10.7. The summed E-state index contributed by atoms with van der Waals surface area (Å²) in [5, 5.41) is 15.3. The largest absolute Gasteiger partial charge is 0.380 e. The van der Waals surface area contributed by atoms with Gasteiger partial charge in [-0.25, -0.2) is 0 Å². The summed E-state index contributed by atoms with van der Waals surface area (Å²) in [7, 11) is 0. The molecule has 1 aromatic heterocycles. The first-order valence-corrected chi connectivity index (χ1v) is 5.79. The first-order valence-electron chi connectivity index (χ1n) is 4.91. The van der Waals surface area contributed by atoms with E-state index in [-0.39, 0.29) is 6.04 Å². The van der Waals surface area contributed by atoms with Crippen molar-refractivity contribution < 1.29 is 0 Å². The summed E-state index contributed by atoms with van der Waals surface area (Å²) < 4.78 is 1.27. The third-order valence-electron chi connectivity index (χ3n) is 2.28. The Kier molecular flexibility index (Phi) is 2.89. The summed E-state index contributed by atoms with van der Waals surface area (Å²) in [5.74, 6) is 0. The molecule has 2 aromatic rings. The van der Waals surface area contributed by atoms with Crippen LogP contribution in [-0.2, 0) is 0 Å². The van der Waals surface area contributed by atoms with Crippen molar-refractivity contribution in [3.05, 3.63) is 29.6 Å². The summed E-state index contributed by atoms with van der Waals surface area (Å²) >= 11 is 1.73. The molecule has 2 nitrogen and oxygen atoms in total. The molecule has 0 radical (unpaired) electrons. The highest BCUT2D eigenvalue weighted by Crippen LogP contribution is 2.29. The molecule has 0 aliphatic heterocycles. The summed E-state index contributed by atoms with van der Waals surface area (Å²) in [4.78, 5) is 0. The van der Waals surface area contributed by atoms with Gasteiger partial charge in [-0.1, -0.05) is 12.1 Å². The normalized spacial score (nSPS) is 12.3. The van der Waals surface area contributed by atoms with Crippen LogP contribution < -0.4 is 5.32 Å². The number of hydrogen-bond donors (Lipinski definition) is 1. The SMILES string of the molecule is CC(CC#N)Nc1cccc2ccsc12. The van der Waals surface area contributed by atoms with E-state index in [2.05, 4.69) is 35.0 Å². The molecule has 15 heavy (non-hydrogen) atoms. The van der Waals surface area contributed by atoms with Crippen LogP contribution in [0.2, 0.25) is 0 Å². The van der Waals surface area contributed by atoms with E-state index in [9.17, 15) is 0 Å². The van der Waals surface area contributed by atoms with Crippen LogP contribution in [0.25, 0.3) is 10.1 Å². The lowest BCUT2D eigenvalue weighted by Crippen LogP contribution is -2.13. The molecule has 0 fully saturated rings. The van der Waals surface area contributed by atoms with E-state index in [4.69, 9.17) is 5.26 Å². The highest BCUT2D eigenvalue weighted by Gasteiger charge is 2.05. The van der Waals surface area contributed by atoms with Gasteiger partial charge >= 0.3 is 0 Å². The number of nitrogens with one attached hydrogen (secondary N) is 1. The molecular weight excluding hydrogens is 204 g/mol. The molecule has 0 aliphatic carbocycles. The van der Waals surface area contributed by atoms with Gasteiger partial charge in [-0.05, 0) is 29.8 Å². The minimum atomic E-state index is 0.197. The second kappa shape index (κ2) is 4.33. The lowest BCUT2D eigenvalue weighted by atomic mass is 10.2. The Morgan fingerprint density at radius 3 is 3.13 bits per heavy atom. The van der Waals surface area contributed by atoms with Crippen LogP contribution in [0.15, 0.2) is 29.6 Å². The highest BCUT2D eigenvalue weighted by molar-refractivity contribution is 7.17. The van der Waals surface area contributed by atoms with Crippen molar-refractivity contribution in [2.45, 2.75) is 19.4 Å². The predicted molar refractivity (Wildman–Crippen MR) is 65.1 cm³/mol. The van der Waals surface area contributed by atoms with E-state index in [0.717, 1.165) is 5.69 Å². The number of rotatable bonds is 3. The van der Waals surface area contributed by atoms with E-state index in [1.807, 2.05) is 13.0 Å². The van der Waals surface area contributed by atoms with E-state index < -0.39 is 0 Å². The number of fused-ring (bicyclic) bond motifs is 1. The molecular formula is C12H12N2S. The zero-order valence-electron chi connectivity index (χ0n) is 8.53. The van der Waals surface area contributed by atoms with E-state index in [1.165, 1.54) is 10.1 Å². The Hall–Kier alpha value is -1.53. The van der Waals surface area contributed by atoms with Crippen LogP contribution in [0.5, 0.6) is 0 Å². The number of anilines is 1. The van der Waals surface area contributed by atoms with Gasteiger partial charge in [-0.3, -0.25) is 0 Å². The smallest absolute Gasteiger partial charge is 0.0643 e. The van der Waals surface area contributed by atoms with E-state index in [0.29, 0.717) is 6.42 Å². The fourth-order valence-electron chi connectivity index (χ4n) is 1.56. The molecule has 1 heterocycles. The minimum Gasteiger partial charge on any atom is -0.380 e. The fraction of sp³-hybridized carbons (Fsp3) is 0.250. The van der Waals surface area contributed by atoms with Crippen molar-refractivity contribution in [1.29, 1.82) is 5.26 Å². The van der Waals surface area contributed by atoms with Crippen LogP contribution in [-0.4, -0.2) is 6.04 Å². The quantitative estimate of drug-likeness (QED) is 0.850. The van der Waals surface area contributed by atoms with Gasteiger partial charge in [0.2, 0.25) is 0 Å². The van der Waals surface area contributed by atoms with Crippen molar-refractivity contribution in [3.8, 4) is 6.07 Å². The zero-order valence-corrected chi connectivity index (χ0v) is 9.34. The fourth-order valence-corrected chi connectivity index (χ4v) is 2.44. The summed E-state index contributed by atoms with van der Waals surface area (Å²) in [5.41, 5.74) is 1.13. The van der Waals surface area contributed by atoms with Crippen molar-refractivity contribution in [2.75, 3.05) is 5.32 Å². The third-order valence-corrected chi connectivity index (χ3v) is 3.24. The molecule has 3 heteroatoms. The van der Waals surface area contributed by atoms with Crippen LogP contribution in [0, 0.1) is 11.3 Å². The molecule has 0 amide bonds. The van der Waals surface area contributed by atoms with Gasteiger partial charge in [-0.15, -0.1) is 11.3 Å². The summed E-state index contributed by atoms with van der Waals surface area (Å²) in [6.07, 6.45) is 0.530. The second-order valence-electron chi connectivity index (χ2n) is 3.55. The maximum Gasteiger partial charge on any atom is 0.0643 e. The number of hydrogen-bond acceptors (Lipinski definition) is 3. The van der Waals surface area contributed by atoms with Gasteiger partial charge in [-0.2, -0.15) is 5.26 Å². The topological polar surface area (TPSA) is 35.8 Å². The number of nitriles is 1. The summed E-state index contributed by atoms with van der Waals surface area (Å²) in [6.45, 7) is 2.02. The molecule has 1 atom stereocenters. The monoisotopic (exact) mass is 216 g/mol. The molecule has 76 valence electrons. The lowest BCUT2D eigenvalue weighted by Gasteiger charge is -2.12. The van der Waals surface area contributed by atoms with Gasteiger partial charge in [0.25, 0.3) is 0 Å². The number of nitrogens with zero attached hydrogens (tertiary/aromatic N) is 1. The molecule has 1 unspecified atom stereocenters. The predicted octanol–water partition coefficient (Wildman–Crippen LogP) is 3.62. The lowest BCUT2D eigenvalue weighted by molar-refractivity contribution is 0.823. The van der Waals surface area contributed by atoms with Gasteiger partial charge in [0.15, 0.2) is 0 Å². The molecule has 0 aliphatic rings. The average molecular weight is 216 g/mol. The maximum atomic E-state index is 8.60. The van der Waals surface area contributed by atoms with Gasteiger partial charge in [0, 0.05) is 6.04 Å². The standard InChI is InChI=1S/C12H12N2S/c1-9(5-7-13)14-11-4-2-3-10-6-8-15-12(10)11/h2-4,6,8-9,14H,5H2,1H3. The van der Waals surface area contributed by atoms with E-state index in [1.54, 1.807) is 11.3 Å². The number of thiophene rings is 1. The molecule has 0 bridgehead atoms. The Balaban J connectivity index is 2.28. The maximum absolute atomic E-state index is 8.60. The first kappa shape index (κ1) is 10.0. The van der Waals surface area contributed by atoms with Crippen molar-refractivity contribution in [1.82, 2.24) is 0 Å². The molecule has 0 saturated heterocycles. The van der Waals surface area contributed by atoms with Crippen LogP contribution >= 0.6 is 11.3 Å². The van der Waals surface area contributed by atoms with Crippen LogP contribution in [0.3, 0.4) is 0 Å². The minimum absolute atomic E-state index is 0.197. The van der Waals surface area contributed by atoms with Crippen LogP contribution in [0.1, 0.15) is 13.3 Å². The molecule has 1 aromatic carbocycles. The van der Waals surface area contributed by atoms with Crippen LogP contribution in [0.4, 0.5) is 5.69 Å².